The minimum atomic E-state index is -0.304. The largest absolute Gasteiger partial charge is 0.494 e. The van der Waals surface area contributed by atoms with Gasteiger partial charge in [0.2, 0.25) is 6.23 Å². The number of benzene rings is 3. The smallest absolute Gasteiger partial charge is 0.213 e. The van der Waals surface area contributed by atoms with E-state index in [9.17, 15) is 0 Å². The third-order valence-corrected chi connectivity index (χ3v) is 6.30. The van der Waals surface area contributed by atoms with Crippen LogP contribution in [0.3, 0.4) is 0 Å². The summed E-state index contributed by atoms with van der Waals surface area (Å²) in [7, 11) is 0. The van der Waals surface area contributed by atoms with E-state index in [4.69, 9.17) is 26.2 Å². The molecule has 0 aromatic heterocycles. The Morgan fingerprint density at radius 1 is 1.06 bits per heavy atom. The van der Waals surface area contributed by atoms with E-state index in [2.05, 4.69) is 55.3 Å². The number of halogens is 1. The van der Waals surface area contributed by atoms with Crippen molar-refractivity contribution in [3.63, 3.8) is 0 Å². The van der Waals surface area contributed by atoms with E-state index in [1.54, 1.807) is 0 Å². The first-order valence-electron chi connectivity index (χ1n) is 11.2. The summed E-state index contributed by atoms with van der Waals surface area (Å²) in [5.41, 5.74) is 5.58. The van der Waals surface area contributed by atoms with E-state index >= 15 is 0 Å². The van der Waals surface area contributed by atoms with Gasteiger partial charge in [-0.3, -0.25) is 0 Å². The highest BCUT2D eigenvalue weighted by molar-refractivity contribution is 6.30. The summed E-state index contributed by atoms with van der Waals surface area (Å²) >= 11 is 6.34. The minimum Gasteiger partial charge on any atom is -0.494 e. The van der Waals surface area contributed by atoms with Crippen molar-refractivity contribution in [2.45, 2.75) is 45.4 Å². The summed E-state index contributed by atoms with van der Waals surface area (Å²) in [5.74, 6) is 1.75. The van der Waals surface area contributed by atoms with E-state index in [1.165, 1.54) is 5.56 Å². The van der Waals surface area contributed by atoms with Crippen LogP contribution in [0.15, 0.2) is 71.8 Å². The van der Waals surface area contributed by atoms with Gasteiger partial charge in [-0.25, -0.2) is 5.01 Å². The topological polar surface area (TPSA) is 34.1 Å². The van der Waals surface area contributed by atoms with Gasteiger partial charge in [-0.2, -0.15) is 5.10 Å². The average molecular weight is 447 g/mol. The van der Waals surface area contributed by atoms with Crippen LogP contribution in [0, 0.1) is 6.92 Å². The molecule has 0 bridgehead atoms. The third kappa shape index (κ3) is 4.07. The van der Waals surface area contributed by atoms with Crippen molar-refractivity contribution in [2.24, 2.45) is 5.10 Å². The molecule has 0 unspecified atom stereocenters. The van der Waals surface area contributed by atoms with E-state index in [0.717, 1.165) is 59.8 Å². The Labute approximate surface area is 194 Å². The van der Waals surface area contributed by atoms with Gasteiger partial charge in [0.15, 0.2) is 0 Å². The molecule has 5 rings (SSSR count). The number of unbranched alkanes of at least 4 members (excludes halogenated alkanes) is 1. The van der Waals surface area contributed by atoms with Crippen molar-refractivity contribution in [1.82, 2.24) is 5.01 Å². The summed E-state index contributed by atoms with van der Waals surface area (Å²) in [6.45, 7) is 5.00. The van der Waals surface area contributed by atoms with Gasteiger partial charge in [0.25, 0.3) is 0 Å². The number of hydrogen-bond acceptors (Lipinski definition) is 4. The second-order valence-corrected chi connectivity index (χ2v) is 8.87. The van der Waals surface area contributed by atoms with Gasteiger partial charge in [0, 0.05) is 22.6 Å². The van der Waals surface area contributed by atoms with Crippen LogP contribution in [-0.4, -0.2) is 17.3 Å². The van der Waals surface area contributed by atoms with Crippen molar-refractivity contribution in [3.05, 3.63) is 94.0 Å². The summed E-state index contributed by atoms with van der Waals surface area (Å²) in [6, 6.07) is 22.7. The first-order chi connectivity index (χ1) is 15.6. The standard InChI is InChI=1S/C27H27ClN2O2/c1-3-4-15-31-22-12-9-20(10-13-22)27-30-25(23-16-21(28)11-14-26(23)32-27)17-24(29-30)19-7-5-18(2)6-8-19/h5-14,16,25,27H,3-4,15,17H2,1-2H3/t25-,27-/m0/s1. The summed E-state index contributed by atoms with van der Waals surface area (Å²) in [4.78, 5) is 0. The van der Waals surface area contributed by atoms with Crippen LogP contribution in [0.2, 0.25) is 5.02 Å². The maximum atomic E-state index is 6.45. The summed E-state index contributed by atoms with van der Waals surface area (Å²) in [5, 5.41) is 7.83. The van der Waals surface area contributed by atoms with Crippen LogP contribution in [0.1, 0.15) is 60.7 Å². The monoisotopic (exact) mass is 446 g/mol. The molecule has 32 heavy (non-hydrogen) atoms. The Bertz CT molecular complexity index is 1130. The number of nitrogens with zero attached hydrogens (tertiary/aromatic N) is 2. The molecule has 0 N–H and O–H groups in total. The second-order valence-electron chi connectivity index (χ2n) is 8.44. The molecule has 2 aliphatic rings. The van der Waals surface area contributed by atoms with Crippen LogP contribution in [0.5, 0.6) is 11.5 Å². The molecule has 0 saturated heterocycles. The molecule has 2 aliphatic heterocycles. The van der Waals surface area contributed by atoms with Gasteiger partial charge in [0.1, 0.15) is 11.5 Å². The Balaban J connectivity index is 1.48. The summed E-state index contributed by atoms with van der Waals surface area (Å²) in [6.07, 6.45) is 2.68. The molecule has 5 heteroatoms. The third-order valence-electron chi connectivity index (χ3n) is 6.07. The zero-order valence-electron chi connectivity index (χ0n) is 18.4. The Kier molecular flexibility index (Phi) is 5.79. The minimum absolute atomic E-state index is 0.0826. The number of fused-ring (bicyclic) bond motifs is 3. The van der Waals surface area contributed by atoms with Crippen LogP contribution in [0.25, 0.3) is 0 Å². The first kappa shape index (κ1) is 20.9. The molecule has 2 heterocycles. The quantitative estimate of drug-likeness (QED) is 0.380. The first-order valence-corrected chi connectivity index (χ1v) is 11.6. The highest BCUT2D eigenvalue weighted by Crippen LogP contribution is 2.48. The fourth-order valence-electron chi connectivity index (χ4n) is 4.26. The molecule has 0 saturated carbocycles. The fraction of sp³-hybridized carbons (Fsp3) is 0.296. The van der Waals surface area contributed by atoms with Gasteiger partial charge in [-0.05, 0) is 61.4 Å². The van der Waals surface area contributed by atoms with Gasteiger partial charge < -0.3 is 9.47 Å². The molecule has 3 aromatic rings. The summed E-state index contributed by atoms with van der Waals surface area (Å²) < 4.78 is 12.3. The normalized spacial score (nSPS) is 19.1. The molecular weight excluding hydrogens is 420 g/mol. The van der Waals surface area contributed by atoms with Crippen molar-refractivity contribution in [1.29, 1.82) is 0 Å². The maximum absolute atomic E-state index is 6.45. The lowest BCUT2D eigenvalue weighted by Gasteiger charge is -2.38. The Morgan fingerprint density at radius 2 is 1.84 bits per heavy atom. The Morgan fingerprint density at radius 3 is 2.59 bits per heavy atom. The Hall–Kier alpha value is -2.98. The van der Waals surface area contributed by atoms with Crippen molar-refractivity contribution in [3.8, 4) is 11.5 Å². The highest BCUT2D eigenvalue weighted by atomic mass is 35.5. The molecule has 0 aliphatic carbocycles. The van der Waals surface area contributed by atoms with Gasteiger partial charge in [-0.1, -0.05) is 54.8 Å². The van der Waals surface area contributed by atoms with Crippen molar-refractivity contribution < 1.29 is 9.47 Å². The molecular formula is C27H27ClN2O2. The lowest BCUT2D eigenvalue weighted by atomic mass is 9.95. The van der Waals surface area contributed by atoms with Crippen LogP contribution >= 0.6 is 11.6 Å². The zero-order valence-corrected chi connectivity index (χ0v) is 19.2. The molecule has 3 aromatic carbocycles. The molecule has 4 nitrogen and oxygen atoms in total. The molecule has 0 amide bonds. The van der Waals surface area contributed by atoms with Gasteiger partial charge in [0.05, 0.1) is 18.4 Å². The van der Waals surface area contributed by atoms with Gasteiger partial charge >= 0.3 is 0 Å². The number of rotatable bonds is 6. The zero-order chi connectivity index (χ0) is 22.1. The van der Waals surface area contributed by atoms with E-state index in [0.29, 0.717) is 5.02 Å². The van der Waals surface area contributed by atoms with E-state index in [-0.39, 0.29) is 12.3 Å². The lowest BCUT2D eigenvalue weighted by molar-refractivity contribution is -0.0190. The van der Waals surface area contributed by atoms with Crippen molar-refractivity contribution in [2.75, 3.05) is 6.61 Å². The number of hydrazone groups is 1. The predicted octanol–water partition coefficient (Wildman–Crippen LogP) is 7.07. The average Bonchev–Trinajstić information content (AvgIpc) is 3.26. The fourth-order valence-corrected chi connectivity index (χ4v) is 4.44. The van der Waals surface area contributed by atoms with Crippen LogP contribution in [-0.2, 0) is 0 Å². The SMILES string of the molecule is CCCCOc1ccc([C@@H]2Oc3ccc(Cl)cc3[C@@H]3CC(c4ccc(C)cc4)=NN32)cc1. The van der Waals surface area contributed by atoms with Crippen LogP contribution in [0.4, 0.5) is 0 Å². The van der Waals surface area contributed by atoms with Crippen LogP contribution < -0.4 is 9.47 Å². The number of aryl methyl sites for hydroxylation is 1. The second kappa shape index (κ2) is 8.87. The maximum Gasteiger partial charge on any atom is 0.213 e. The number of ether oxygens (including phenoxy) is 2. The molecule has 0 fully saturated rings. The lowest BCUT2D eigenvalue weighted by Crippen LogP contribution is -2.33. The molecule has 2 atom stereocenters. The highest BCUT2D eigenvalue weighted by Gasteiger charge is 2.41. The van der Waals surface area contributed by atoms with E-state index < -0.39 is 0 Å². The van der Waals surface area contributed by atoms with E-state index in [1.807, 2.05) is 30.3 Å². The molecule has 164 valence electrons. The predicted molar refractivity (Wildman–Crippen MR) is 129 cm³/mol. The number of hydrogen-bond donors (Lipinski definition) is 0. The molecule has 0 radical (unpaired) electrons. The van der Waals surface area contributed by atoms with Gasteiger partial charge in [-0.15, -0.1) is 0 Å². The van der Waals surface area contributed by atoms with Crippen molar-refractivity contribution >= 4 is 17.3 Å². The molecule has 0 spiro atoms.